The van der Waals surface area contributed by atoms with Crippen LogP contribution in [0, 0.1) is 0 Å². The van der Waals surface area contributed by atoms with Crippen LogP contribution in [0.15, 0.2) is 47.6 Å². The van der Waals surface area contributed by atoms with E-state index in [-0.39, 0.29) is 11.3 Å². The zero-order valence-corrected chi connectivity index (χ0v) is 16.2. The molecule has 0 aromatic heterocycles. The average Bonchev–Trinajstić information content (AvgIpc) is 2.64. The second-order valence-electron chi connectivity index (χ2n) is 7.04. The van der Waals surface area contributed by atoms with Crippen molar-refractivity contribution in [3.05, 3.63) is 59.2 Å². The van der Waals surface area contributed by atoms with Crippen LogP contribution >= 0.6 is 0 Å². The molecule has 0 aliphatic carbocycles. The standard InChI is InChI=1S/C21H26N2O3/c1-14(15-7-10-17(11-8-15)21(2,3)4)22-23-20(24)16-9-12-18(25-5)19(13-16)26-6/h7-13H,1-6H3,(H,23,24)/b22-14+. The molecule has 0 atom stereocenters. The summed E-state index contributed by atoms with van der Waals surface area (Å²) in [5.41, 5.74) is 6.08. The summed E-state index contributed by atoms with van der Waals surface area (Å²) >= 11 is 0. The number of nitrogens with zero attached hydrogens (tertiary/aromatic N) is 1. The number of carbonyl (C=O) groups excluding carboxylic acids is 1. The van der Waals surface area contributed by atoms with Gasteiger partial charge in [0.2, 0.25) is 0 Å². The van der Waals surface area contributed by atoms with Crippen LogP contribution in [-0.4, -0.2) is 25.8 Å². The van der Waals surface area contributed by atoms with E-state index < -0.39 is 0 Å². The zero-order chi connectivity index (χ0) is 19.3. The third kappa shape index (κ3) is 4.63. The number of hydrazone groups is 1. The summed E-state index contributed by atoms with van der Waals surface area (Å²) in [4.78, 5) is 12.3. The van der Waals surface area contributed by atoms with Crippen LogP contribution in [-0.2, 0) is 5.41 Å². The maximum Gasteiger partial charge on any atom is 0.271 e. The van der Waals surface area contributed by atoms with Crippen LogP contribution in [0.1, 0.15) is 49.2 Å². The molecular weight excluding hydrogens is 328 g/mol. The predicted molar refractivity (Wildman–Crippen MR) is 104 cm³/mol. The van der Waals surface area contributed by atoms with Crippen LogP contribution in [0.4, 0.5) is 0 Å². The molecule has 1 N–H and O–H groups in total. The first-order valence-electron chi connectivity index (χ1n) is 8.44. The summed E-state index contributed by atoms with van der Waals surface area (Å²) in [6.45, 7) is 8.38. The summed E-state index contributed by atoms with van der Waals surface area (Å²) in [5.74, 6) is 0.762. The second kappa shape index (κ2) is 8.04. The molecule has 0 aliphatic heterocycles. The Morgan fingerprint density at radius 3 is 2.04 bits per heavy atom. The molecule has 0 fully saturated rings. The number of hydrogen-bond donors (Lipinski definition) is 1. The maximum absolute atomic E-state index is 12.3. The first-order valence-corrected chi connectivity index (χ1v) is 8.44. The van der Waals surface area contributed by atoms with E-state index in [9.17, 15) is 4.79 Å². The molecule has 0 unspecified atom stereocenters. The van der Waals surface area contributed by atoms with Gasteiger partial charge in [0.15, 0.2) is 11.5 Å². The van der Waals surface area contributed by atoms with Crippen LogP contribution in [0.5, 0.6) is 11.5 Å². The number of amides is 1. The fourth-order valence-electron chi connectivity index (χ4n) is 2.45. The molecule has 0 saturated carbocycles. The van der Waals surface area contributed by atoms with Crippen molar-refractivity contribution in [1.29, 1.82) is 0 Å². The lowest BCUT2D eigenvalue weighted by Gasteiger charge is -2.19. The van der Waals surface area contributed by atoms with Gasteiger partial charge in [-0.05, 0) is 41.7 Å². The Morgan fingerprint density at radius 2 is 1.50 bits per heavy atom. The zero-order valence-electron chi connectivity index (χ0n) is 16.2. The van der Waals surface area contributed by atoms with Crippen molar-refractivity contribution in [3.8, 4) is 11.5 Å². The van der Waals surface area contributed by atoms with Gasteiger partial charge in [0, 0.05) is 5.56 Å². The lowest BCUT2D eigenvalue weighted by Crippen LogP contribution is -2.19. The third-order valence-corrected chi connectivity index (χ3v) is 4.14. The highest BCUT2D eigenvalue weighted by Gasteiger charge is 2.13. The monoisotopic (exact) mass is 354 g/mol. The summed E-state index contributed by atoms with van der Waals surface area (Å²) in [6.07, 6.45) is 0. The molecule has 0 aliphatic rings. The normalized spacial score (nSPS) is 11.8. The van der Waals surface area contributed by atoms with E-state index in [1.807, 2.05) is 19.1 Å². The number of methoxy groups -OCH3 is 2. The van der Waals surface area contributed by atoms with Gasteiger partial charge in [-0.15, -0.1) is 0 Å². The van der Waals surface area contributed by atoms with Crippen molar-refractivity contribution in [1.82, 2.24) is 5.43 Å². The predicted octanol–water partition coefficient (Wildman–Crippen LogP) is 4.16. The van der Waals surface area contributed by atoms with E-state index in [2.05, 4.69) is 43.4 Å². The minimum atomic E-state index is -0.309. The summed E-state index contributed by atoms with van der Waals surface area (Å²) in [6, 6.07) is 13.2. The molecule has 0 heterocycles. The molecule has 2 aromatic carbocycles. The molecule has 5 nitrogen and oxygen atoms in total. The third-order valence-electron chi connectivity index (χ3n) is 4.14. The lowest BCUT2D eigenvalue weighted by molar-refractivity contribution is 0.0954. The quantitative estimate of drug-likeness (QED) is 0.648. The number of ether oxygens (including phenoxy) is 2. The van der Waals surface area contributed by atoms with Crippen molar-refractivity contribution in [2.75, 3.05) is 14.2 Å². The van der Waals surface area contributed by atoms with E-state index in [0.717, 1.165) is 11.3 Å². The fraction of sp³-hybridized carbons (Fsp3) is 0.333. The van der Waals surface area contributed by atoms with E-state index >= 15 is 0 Å². The molecule has 2 aromatic rings. The Balaban J connectivity index is 2.12. The van der Waals surface area contributed by atoms with Crippen LogP contribution in [0.25, 0.3) is 0 Å². The van der Waals surface area contributed by atoms with Gasteiger partial charge in [0.1, 0.15) is 0 Å². The molecule has 5 heteroatoms. The Morgan fingerprint density at radius 1 is 0.923 bits per heavy atom. The maximum atomic E-state index is 12.3. The van der Waals surface area contributed by atoms with Gasteiger partial charge in [-0.1, -0.05) is 45.0 Å². The average molecular weight is 354 g/mol. The van der Waals surface area contributed by atoms with Gasteiger partial charge in [-0.2, -0.15) is 5.10 Å². The van der Waals surface area contributed by atoms with Crippen molar-refractivity contribution < 1.29 is 14.3 Å². The summed E-state index contributed by atoms with van der Waals surface area (Å²) in [7, 11) is 3.08. The summed E-state index contributed by atoms with van der Waals surface area (Å²) in [5, 5.41) is 4.21. The Labute approximate surface area is 155 Å². The highest BCUT2D eigenvalue weighted by molar-refractivity contribution is 6.01. The van der Waals surface area contributed by atoms with E-state index in [0.29, 0.717) is 17.1 Å². The minimum Gasteiger partial charge on any atom is -0.493 e. The molecule has 26 heavy (non-hydrogen) atoms. The molecule has 1 amide bonds. The van der Waals surface area contributed by atoms with Gasteiger partial charge >= 0.3 is 0 Å². The van der Waals surface area contributed by atoms with Crippen molar-refractivity contribution >= 4 is 11.6 Å². The van der Waals surface area contributed by atoms with Gasteiger partial charge < -0.3 is 9.47 Å². The smallest absolute Gasteiger partial charge is 0.271 e. The topological polar surface area (TPSA) is 59.9 Å². The van der Waals surface area contributed by atoms with Crippen LogP contribution < -0.4 is 14.9 Å². The van der Waals surface area contributed by atoms with Gasteiger partial charge in [-0.3, -0.25) is 4.79 Å². The highest BCUT2D eigenvalue weighted by atomic mass is 16.5. The fourth-order valence-corrected chi connectivity index (χ4v) is 2.45. The van der Waals surface area contributed by atoms with Gasteiger partial charge in [0.25, 0.3) is 5.91 Å². The van der Waals surface area contributed by atoms with Crippen molar-refractivity contribution in [2.24, 2.45) is 5.10 Å². The highest BCUT2D eigenvalue weighted by Crippen LogP contribution is 2.27. The Hall–Kier alpha value is -2.82. The van der Waals surface area contributed by atoms with E-state index in [1.54, 1.807) is 25.3 Å². The summed E-state index contributed by atoms with van der Waals surface area (Å²) < 4.78 is 10.4. The van der Waals surface area contributed by atoms with Crippen molar-refractivity contribution in [3.63, 3.8) is 0 Å². The van der Waals surface area contributed by atoms with Gasteiger partial charge in [-0.25, -0.2) is 5.43 Å². The number of rotatable bonds is 5. The minimum absolute atomic E-state index is 0.102. The lowest BCUT2D eigenvalue weighted by atomic mass is 9.86. The molecule has 0 radical (unpaired) electrons. The molecule has 0 spiro atoms. The Kier molecular flexibility index (Phi) is 6.03. The molecule has 2 rings (SSSR count). The number of hydrogen-bond acceptors (Lipinski definition) is 4. The second-order valence-corrected chi connectivity index (χ2v) is 7.04. The van der Waals surface area contributed by atoms with Gasteiger partial charge in [0.05, 0.1) is 19.9 Å². The molecular formula is C21H26N2O3. The van der Waals surface area contributed by atoms with Crippen LogP contribution in [0.2, 0.25) is 0 Å². The van der Waals surface area contributed by atoms with Crippen molar-refractivity contribution in [2.45, 2.75) is 33.1 Å². The number of nitrogens with one attached hydrogen (secondary N) is 1. The Bertz CT molecular complexity index is 803. The first kappa shape index (κ1) is 19.5. The SMILES string of the molecule is COc1ccc(C(=O)N/N=C(\C)c2ccc(C(C)(C)C)cc2)cc1OC. The van der Waals surface area contributed by atoms with E-state index in [1.165, 1.54) is 12.7 Å². The molecule has 0 saturated heterocycles. The molecule has 138 valence electrons. The first-order chi connectivity index (χ1) is 12.3. The number of benzene rings is 2. The number of carbonyl (C=O) groups is 1. The van der Waals surface area contributed by atoms with E-state index in [4.69, 9.17) is 9.47 Å². The van der Waals surface area contributed by atoms with Crippen LogP contribution in [0.3, 0.4) is 0 Å². The molecule has 0 bridgehead atoms. The largest absolute Gasteiger partial charge is 0.493 e.